The number of benzene rings is 2. The second kappa shape index (κ2) is 10.6. The number of nitrogens with one attached hydrogen (secondary N) is 1. The molecule has 0 saturated heterocycles. The Bertz CT molecular complexity index is 1070. The average Bonchev–Trinajstić information content (AvgIpc) is 2.69. The molecule has 1 atom stereocenters. The second-order valence-electron chi connectivity index (χ2n) is 8.06. The predicted octanol–water partition coefficient (Wildman–Crippen LogP) is 2.84. The first-order chi connectivity index (χ1) is 14.9. The van der Waals surface area contributed by atoms with Gasteiger partial charge in [-0.3, -0.25) is 13.9 Å². The van der Waals surface area contributed by atoms with Gasteiger partial charge in [0.25, 0.3) is 0 Å². The minimum atomic E-state index is -3.80. The van der Waals surface area contributed by atoms with Crippen LogP contribution in [0.1, 0.15) is 31.9 Å². The minimum Gasteiger partial charge on any atom is -0.352 e. The minimum absolute atomic E-state index is 0.157. The maximum absolute atomic E-state index is 14.3. The summed E-state index contributed by atoms with van der Waals surface area (Å²) in [6.07, 6.45) is 1.01. The number of sulfonamides is 1. The van der Waals surface area contributed by atoms with Crippen molar-refractivity contribution in [2.45, 2.75) is 46.3 Å². The Kier molecular flexibility index (Phi) is 8.38. The summed E-state index contributed by atoms with van der Waals surface area (Å²) in [6.45, 7) is 6.23. The van der Waals surface area contributed by atoms with Crippen LogP contribution in [-0.4, -0.2) is 50.0 Å². The van der Waals surface area contributed by atoms with Crippen molar-refractivity contribution in [2.24, 2.45) is 0 Å². The van der Waals surface area contributed by atoms with Crippen molar-refractivity contribution in [2.75, 3.05) is 17.1 Å². The van der Waals surface area contributed by atoms with Crippen LogP contribution in [0.5, 0.6) is 0 Å². The first-order valence-corrected chi connectivity index (χ1v) is 12.1. The molecule has 2 rings (SSSR count). The molecule has 0 saturated carbocycles. The molecule has 0 aliphatic heterocycles. The summed E-state index contributed by atoms with van der Waals surface area (Å²) in [5, 5.41) is 2.74. The predicted molar refractivity (Wildman–Crippen MR) is 123 cm³/mol. The Morgan fingerprint density at radius 1 is 1.06 bits per heavy atom. The molecule has 0 radical (unpaired) electrons. The Labute approximate surface area is 189 Å². The zero-order valence-electron chi connectivity index (χ0n) is 19.0. The average molecular weight is 464 g/mol. The SMILES string of the molecule is Cc1cccc(N(CC(=O)N(Cc2ccccc2F)[C@@H](C)C(=O)NC(C)C)S(C)(=O)=O)c1. The van der Waals surface area contributed by atoms with Crippen molar-refractivity contribution in [3.63, 3.8) is 0 Å². The van der Waals surface area contributed by atoms with Crippen molar-refractivity contribution < 1.29 is 22.4 Å². The molecule has 0 fully saturated rings. The first-order valence-electron chi connectivity index (χ1n) is 10.3. The molecule has 0 aliphatic rings. The molecule has 9 heteroatoms. The van der Waals surface area contributed by atoms with Crippen molar-refractivity contribution in [1.29, 1.82) is 0 Å². The van der Waals surface area contributed by atoms with Gasteiger partial charge in [0.15, 0.2) is 0 Å². The van der Waals surface area contributed by atoms with Crippen molar-refractivity contribution in [3.05, 3.63) is 65.5 Å². The van der Waals surface area contributed by atoms with Gasteiger partial charge in [-0.05, 0) is 51.5 Å². The fourth-order valence-electron chi connectivity index (χ4n) is 3.19. The summed E-state index contributed by atoms with van der Waals surface area (Å²) in [5.41, 5.74) is 1.40. The monoisotopic (exact) mass is 463 g/mol. The Hall–Kier alpha value is -2.94. The van der Waals surface area contributed by atoms with E-state index >= 15 is 0 Å². The van der Waals surface area contributed by atoms with Crippen LogP contribution in [0, 0.1) is 12.7 Å². The molecule has 2 aromatic carbocycles. The maximum atomic E-state index is 14.3. The van der Waals surface area contributed by atoms with Crippen LogP contribution in [0.25, 0.3) is 0 Å². The third kappa shape index (κ3) is 6.78. The van der Waals surface area contributed by atoms with Gasteiger partial charge in [-0.15, -0.1) is 0 Å². The van der Waals surface area contributed by atoms with E-state index in [1.807, 2.05) is 13.0 Å². The number of hydrogen-bond donors (Lipinski definition) is 1. The molecule has 0 aromatic heterocycles. The van der Waals surface area contributed by atoms with Crippen LogP contribution in [-0.2, 0) is 26.2 Å². The third-order valence-electron chi connectivity index (χ3n) is 4.87. The molecule has 32 heavy (non-hydrogen) atoms. The molecule has 0 heterocycles. The fourth-order valence-corrected chi connectivity index (χ4v) is 4.04. The highest BCUT2D eigenvalue weighted by atomic mass is 32.2. The van der Waals surface area contributed by atoms with Gasteiger partial charge in [0.1, 0.15) is 18.4 Å². The number of anilines is 1. The van der Waals surface area contributed by atoms with Crippen LogP contribution in [0.4, 0.5) is 10.1 Å². The molecule has 7 nitrogen and oxygen atoms in total. The van der Waals surface area contributed by atoms with Gasteiger partial charge in [0.05, 0.1) is 11.9 Å². The largest absolute Gasteiger partial charge is 0.352 e. The summed E-state index contributed by atoms with van der Waals surface area (Å²) in [4.78, 5) is 27.2. The summed E-state index contributed by atoms with van der Waals surface area (Å²) < 4.78 is 40.3. The van der Waals surface area contributed by atoms with Crippen molar-refractivity contribution in [3.8, 4) is 0 Å². The molecule has 1 N–H and O–H groups in total. The Morgan fingerprint density at radius 3 is 2.28 bits per heavy atom. The van der Waals surface area contributed by atoms with E-state index in [1.54, 1.807) is 38.1 Å². The lowest BCUT2D eigenvalue weighted by Gasteiger charge is -2.32. The fraction of sp³-hybridized carbons (Fsp3) is 0.391. The number of carbonyl (C=O) groups excluding carboxylic acids is 2. The molecule has 2 amide bonds. The number of rotatable bonds is 9. The van der Waals surface area contributed by atoms with Crippen LogP contribution < -0.4 is 9.62 Å². The number of hydrogen-bond acceptors (Lipinski definition) is 4. The number of aryl methyl sites for hydroxylation is 1. The van der Waals surface area contributed by atoms with Gasteiger partial charge >= 0.3 is 0 Å². The van der Waals surface area contributed by atoms with Crippen LogP contribution in [0.3, 0.4) is 0 Å². The van der Waals surface area contributed by atoms with E-state index in [4.69, 9.17) is 0 Å². The van der Waals surface area contributed by atoms with Crippen LogP contribution in [0.15, 0.2) is 48.5 Å². The maximum Gasteiger partial charge on any atom is 0.244 e. The highest BCUT2D eigenvalue weighted by molar-refractivity contribution is 7.92. The second-order valence-corrected chi connectivity index (χ2v) is 9.97. The highest BCUT2D eigenvalue weighted by Crippen LogP contribution is 2.20. The first kappa shape index (κ1) is 25.3. The highest BCUT2D eigenvalue weighted by Gasteiger charge is 2.30. The summed E-state index contributed by atoms with van der Waals surface area (Å²) in [5.74, 6) is -1.54. The summed E-state index contributed by atoms with van der Waals surface area (Å²) >= 11 is 0. The van der Waals surface area contributed by atoms with Crippen LogP contribution in [0.2, 0.25) is 0 Å². The normalized spacial score (nSPS) is 12.3. The Morgan fingerprint density at radius 2 is 1.72 bits per heavy atom. The molecule has 0 bridgehead atoms. The molecule has 2 aromatic rings. The van der Waals surface area contributed by atoms with Gasteiger partial charge < -0.3 is 10.2 Å². The molecular formula is C23H30FN3O4S. The van der Waals surface area contributed by atoms with Gasteiger partial charge in [-0.25, -0.2) is 12.8 Å². The topological polar surface area (TPSA) is 86.8 Å². The molecule has 174 valence electrons. The van der Waals surface area contributed by atoms with Gasteiger partial charge in [0, 0.05) is 18.2 Å². The van der Waals surface area contributed by atoms with E-state index in [0.717, 1.165) is 16.1 Å². The van der Waals surface area contributed by atoms with E-state index in [0.29, 0.717) is 5.69 Å². The number of halogens is 1. The van der Waals surface area contributed by atoms with E-state index in [-0.39, 0.29) is 18.2 Å². The quantitative estimate of drug-likeness (QED) is 0.620. The lowest BCUT2D eigenvalue weighted by Crippen LogP contribution is -2.52. The van der Waals surface area contributed by atoms with E-state index in [9.17, 15) is 22.4 Å². The van der Waals surface area contributed by atoms with Gasteiger partial charge in [0.2, 0.25) is 21.8 Å². The van der Waals surface area contributed by atoms with E-state index < -0.39 is 40.2 Å². The molecule has 0 spiro atoms. The van der Waals surface area contributed by atoms with Crippen molar-refractivity contribution >= 4 is 27.5 Å². The number of nitrogens with zero attached hydrogens (tertiary/aromatic N) is 2. The smallest absolute Gasteiger partial charge is 0.244 e. The summed E-state index contributed by atoms with van der Waals surface area (Å²) in [6, 6.07) is 11.6. The number of carbonyl (C=O) groups is 2. The van der Waals surface area contributed by atoms with Gasteiger partial charge in [-0.1, -0.05) is 30.3 Å². The lowest BCUT2D eigenvalue weighted by molar-refractivity contribution is -0.139. The van der Waals surface area contributed by atoms with Gasteiger partial charge in [-0.2, -0.15) is 0 Å². The molecular weight excluding hydrogens is 433 g/mol. The van der Waals surface area contributed by atoms with Crippen LogP contribution >= 0.6 is 0 Å². The molecule has 0 unspecified atom stereocenters. The third-order valence-corrected chi connectivity index (χ3v) is 6.01. The van der Waals surface area contributed by atoms with E-state index in [1.165, 1.54) is 30.0 Å². The lowest BCUT2D eigenvalue weighted by atomic mass is 10.1. The zero-order chi connectivity index (χ0) is 24.1. The van der Waals surface area contributed by atoms with Crippen molar-refractivity contribution in [1.82, 2.24) is 10.2 Å². The molecule has 0 aliphatic carbocycles. The number of amides is 2. The standard InChI is InChI=1S/C23H30FN3O4S/c1-16(2)25-23(29)18(4)26(14-19-10-6-7-12-21(19)24)22(28)15-27(32(5,30)31)20-11-8-9-17(3)13-20/h6-13,16,18H,14-15H2,1-5H3,(H,25,29)/t18-/m0/s1. The van der Waals surface area contributed by atoms with E-state index in [2.05, 4.69) is 5.32 Å². The summed E-state index contributed by atoms with van der Waals surface area (Å²) in [7, 11) is -3.80. The zero-order valence-corrected chi connectivity index (χ0v) is 19.8. The Balaban J connectivity index is 2.40.